The molecule has 4 nitrogen and oxygen atoms in total. The summed E-state index contributed by atoms with van der Waals surface area (Å²) < 4.78 is 13.0. The van der Waals surface area contributed by atoms with Crippen LogP contribution in [0.15, 0.2) is 30.3 Å². The second-order valence-corrected chi connectivity index (χ2v) is 4.77. The van der Waals surface area contributed by atoms with Gasteiger partial charge in [0.15, 0.2) is 0 Å². The molecule has 1 fully saturated rings. The van der Waals surface area contributed by atoms with Gasteiger partial charge in [-0.15, -0.1) is 0 Å². The number of halogens is 1. The van der Waals surface area contributed by atoms with Crippen LogP contribution in [-0.4, -0.2) is 34.5 Å². The van der Waals surface area contributed by atoms with E-state index in [0.717, 1.165) is 12.8 Å². The Morgan fingerprint density at radius 1 is 1.35 bits per heavy atom. The van der Waals surface area contributed by atoms with Crippen molar-refractivity contribution >= 4 is 18.0 Å². The number of rotatable bonds is 3. The van der Waals surface area contributed by atoms with Gasteiger partial charge in [-0.1, -0.05) is 12.1 Å². The Balaban J connectivity index is 2.08. The van der Waals surface area contributed by atoms with E-state index in [4.69, 9.17) is 5.11 Å². The fraction of sp³-hybridized carbons (Fsp3) is 0.333. The monoisotopic (exact) mass is 277 g/mol. The minimum atomic E-state index is -0.975. The molecule has 1 aromatic carbocycles. The van der Waals surface area contributed by atoms with Gasteiger partial charge in [-0.05, 0) is 43.0 Å². The van der Waals surface area contributed by atoms with E-state index in [1.165, 1.54) is 29.2 Å². The summed E-state index contributed by atoms with van der Waals surface area (Å²) in [6, 6.07) is 5.12. The first-order chi connectivity index (χ1) is 9.58. The van der Waals surface area contributed by atoms with Crippen LogP contribution in [0.5, 0.6) is 0 Å². The Kier molecular flexibility index (Phi) is 4.50. The number of nitrogens with zero attached hydrogens (tertiary/aromatic N) is 1. The molecule has 0 bridgehead atoms. The summed E-state index contributed by atoms with van der Waals surface area (Å²) in [6.45, 7) is 0.448. The summed E-state index contributed by atoms with van der Waals surface area (Å²) in [6.07, 6.45) is 4.90. The highest BCUT2D eigenvalue weighted by atomic mass is 19.1. The molecule has 1 aliphatic heterocycles. The van der Waals surface area contributed by atoms with E-state index >= 15 is 0 Å². The quantitative estimate of drug-likeness (QED) is 0.862. The number of likely N-dealkylation sites (tertiary alicyclic amines) is 1. The molecule has 1 N–H and O–H groups in total. The second kappa shape index (κ2) is 6.32. The normalized spacial score (nSPS) is 19.2. The van der Waals surface area contributed by atoms with Gasteiger partial charge < -0.3 is 10.0 Å². The Hall–Kier alpha value is -2.17. The van der Waals surface area contributed by atoms with E-state index in [0.29, 0.717) is 18.5 Å². The van der Waals surface area contributed by atoms with Gasteiger partial charge in [-0.25, -0.2) is 9.18 Å². The Labute approximate surface area is 116 Å². The average molecular weight is 277 g/mol. The molecule has 1 saturated heterocycles. The van der Waals surface area contributed by atoms with Crippen molar-refractivity contribution in [3.05, 3.63) is 41.7 Å². The molecule has 0 aromatic heterocycles. The van der Waals surface area contributed by atoms with Crippen molar-refractivity contribution in [1.82, 2.24) is 4.90 Å². The summed E-state index contributed by atoms with van der Waals surface area (Å²) in [5, 5.41) is 9.11. The molecule has 1 heterocycles. The third-order valence-electron chi connectivity index (χ3n) is 3.34. The van der Waals surface area contributed by atoms with Crippen LogP contribution in [0.4, 0.5) is 4.39 Å². The molecule has 0 saturated carbocycles. The fourth-order valence-corrected chi connectivity index (χ4v) is 2.33. The first-order valence-electron chi connectivity index (χ1n) is 6.55. The third-order valence-corrected chi connectivity index (χ3v) is 3.34. The Morgan fingerprint density at radius 3 is 2.85 bits per heavy atom. The Bertz CT molecular complexity index is 542. The molecule has 5 heteroatoms. The first kappa shape index (κ1) is 14.2. The molecule has 20 heavy (non-hydrogen) atoms. The summed E-state index contributed by atoms with van der Waals surface area (Å²) in [5.41, 5.74) is 0.572. The topological polar surface area (TPSA) is 57.6 Å². The van der Waals surface area contributed by atoms with Gasteiger partial charge in [-0.2, -0.15) is 0 Å². The first-order valence-corrected chi connectivity index (χ1v) is 6.55. The smallest absolute Gasteiger partial charge is 0.326 e. The van der Waals surface area contributed by atoms with Crippen molar-refractivity contribution in [3.63, 3.8) is 0 Å². The second-order valence-electron chi connectivity index (χ2n) is 4.77. The van der Waals surface area contributed by atoms with Gasteiger partial charge in [0.2, 0.25) is 5.91 Å². The zero-order valence-corrected chi connectivity index (χ0v) is 11.0. The maximum Gasteiger partial charge on any atom is 0.326 e. The average Bonchev–Trinajstić information content (AvgIpc) is 2.45. The molecule has 2 rings (SSSR count). The van der Waals surface area contributed by atoms with Crippen LogP contribution < -0.4 is 0 Å². The highest BCUT2D eigenvalue weighted by molar-refractivity contribution is 5.94. The van der Waals surface area contributed by atoms with E-state index in [1.54, 1.807) is 12.1 Å². The zero-order valence-electron chi connectivity index (χ0n) is 11.0. The van der Waals surface area contributed by atoms with Crippen LogP contribution in [0, 0.1) is 5.82 Å². The number of hydrogen-bond acceptors (Lipinski definition) is 2. The van der Waals surface area contributed by atoms with Gasteiger partial charge in [0.25, 0.3) is 0 Å². The van der Waals surface area contributed by atoms with Crippen LogP contribution in [-0.2, 0) is 9.59 Å². The Morgan fingerprint density at radius 2 is 2.15 bits per heavy atom. The minimum absolute atomic E-state index is 0.346. The number of carbonyl (C=O) groups is 2. The molecule has 1 atom stereocenters. The number of carbonyl (C=O) groups excluding carboxylic acids is 1. The van der Waals surface area contributed by atoms with Crippen molar-refractivity contribution < 1.29 is 19.1 Å². The lowest BCUT2D eigenvalue weighted by atomic mass is 10.0. The van der Waals surface area contributed by atoms with E-state index in [2.05, 4.69) is 0 Å². The number of benzene rings is 1. The summed E-state index contributed by atoms with van der Waals surface area (Å²) in [7, 11) is 0. The lowest BCUT2D eigenvalue weighted by Crippen LogP contribution is -2.47. The maximum absolute atomic E-state index is 13.0. The van der Waals surface area contributed by atoms with Gasteiger partial charge in [0, 0.05) is 12.6 Å². The SMILES string of the molecule is O=C(O)C1CCCCN1C(=O)/C=C/c1cccc(F)c1. The lowest BCUT2D eigenvalue weighted by molar-refractivity contribution is -0.150. The fourth-order valence-electron chi connectivity index (χ4n) is 2.33. The summed E-state index contributed by atoms with van der Waals surface area (Å²) in [5.74, 6) is -1.69. The van der Waals surface area contributed by atoms with Crippen LogP contribution in [0.1, 0.15) is 24.8 Å². The number of carboxylic acids is 1. The zero-order chi connectivity index (χ0) is 14.5. The van der Waals surface area contributed by atoms with E-state index in [9.17, 15) is 14.0 Å². The van der Waals surface area contributed by atoms with E-state index < -0.39 is 12.0 Å². The molecule has 1 unspecified atom stereocenters. The molecular weight excluding hydrogens is 261 g/mol. The van der Waals surface area contributed by atoms with Crippen molar-refractivity contribution in [1.29, 1.82) is 0 Å². The number of hydrogen-bond donors (Lipinski definition) is 1. The predicted octanol–water partition coefficient (Wildman–Crippen LogP) is 2.30. The largest absolute Gasteiger partial charge is 0.480 e. The van der Waals surface area contributed by atoms with Gasteiger partial charge in [-0.3, -0.25) is 4.79 Å². The van der Waals surface area contributed by atoms with E-state index in [-0.39, 0.29) is 11.7 Å². The van der Waals surface area contributed by atoms with Crippen LogP contribution in [0.2, 0.25) is 0 Å². The molecule has 106 valence electrons. The van der Waals surface area contributed by atoms with Crippen molar-refractivity contribution in [3.8, 4) is 0 Å². The molecule has 1 amide bonds. The number of aliphatic carboxylic acids is 1. The van der Waals surface area contributed by atoms with Gasteiger partial charge >= 0.3 is 5.97 Å². The van der Waals surface area contributed by atoms with Crippen molar-refractivity contribution in [2.45, 2.75) is 25.3 Å². The molecule has 0 aliphatic carbocycles. The summed E-state index contributed by atoms with van der Waals surface area (Å²) in [4.78, 5) is 24.5. The van der Waals surface area contributed by atoms with Gasteiger partial charge in [0.1, 0.15) is 11.9 Å². The minimum Gasteiger partial charge on any atom is -0.480 e. The maximum atomic E-state index is 13.0. The summed E-state index contributed by atoms with van der Waals surface area (Å²) >= 11 is 0. The molecule has 1 aromatic rings. The van der Waals surface area contributed by atoms with Crippen LogP contribution >= 0.6 is 0 Å². The standard InChI is InChI=1S/C15H16FNO3/c16-12-5-3-4-11(10-12)7-8-14(18)17-9-2-1-6-13(17)15(19)20/h3-5,7-8,10,13H,1-2,6,9H2,(H,19,20)/b8-7+. The highest BCUT2D eigenvalue weighted by Crippen LogP contribution is 2.18. The van der Waals surface area contributed by atoms with Gasteiger partial charge in [0.05, 0.1) is 0 Å². The predicted molar refractivity (Wildman–Crippen MR) is 72.4 cm³/mol. The molecule has 1 aliphatic rings. The van der Waals surface area contributed by atoms with E-state index in [1.807, 2.05) is 0 Å². The molecule has 0 spiro atoms. The van der Waals surface area contributed by atoms with Crippen LogP contribution in [0.25, 0.3) is 6.08 Å². The number of amides is 1. The molecular formula is C15H16FNO3. The van der Waals surface area contributed by atoms with Crippen LogP contribution in [0.3, 0.4) is 0 Å². The van der Waals surface area contributed by atoms with Crippen molar-refractivity contribution in [2.24, 2.45) is 0 Å². The lowest BCUT2D eigenvalue weighted by Gasteiger charge is -2.32. The third kappa shape index (κ3) is 3.44. The highest BCUT2D eigenvalue weighted by Gasteiger charge is 2.30. The number of carboxylic acid groups (broad SMARTS) is 1. The number of piperidine rings is 1. The molecule has 0 radical (unpaired) electrons. The van der Waals surface area contributed by atoms with Crippen molar-refractivity contribution in [2.75, 3.05) is 6.54 Å².